The van der Waals surface area contributed by atoms with Crippen LogP contribution in [0.5, 0.6) is 0 Å². The second-order valence-corrected chi connectivity index (χ2v) is 6.75. The van der Waals surface area contributed by atoms with E-state index in [0.29, 0.717) is 18.7 Å². The van der Waals surface area contributed by atoms with Crippen molar-refractivity contribution in [1.82, 2.24) is 19.7 Å². The second-order valence-electron chi connectivity index (χ2n) is 6.75. The predicted octanol–water partition coefficient (Wildman–Crippen LogP) is 3.52. The van der Waals surface area contributed by atoms with E-state index >= 15 is 0 Å². The summed E-state index contributed by atoms with van der Waals surface area (Å²) in [6, 6.07) is 11.9. The highest BCUT2D eigenvalue weighted by Crippen LogP contribution is 2.20. The molecule has 1 amide bonds. The van der Waals surface area contributed by atoms with Crippen molar-refractivity contribution in [2.75, 3.05) is 13.2 Å². The Morgan fingerprint density at radius 2 is 2.00 bits per heavy atom. The molecule has 0 atom stereocenters. The third-order valence-corrected chi connectivity index (χ3v) is 4.14. The molecule has 0 spiro atoms. The molecule has 2 heterocycles. The zero-order valence-corrected chi connectivity index (χ0v) is 16.1. The van der Waals surface area contributed by atoms with Crippen molar-refractivity contribution in [3.63, 3.8) is 0 Å². The molecule has 0 aliphatic heterocycles. The summed E-state index contributed by atoms with van der Waals surface area (Å²) >= 11 is 0. The Kier molecular flexibility index (Phi) is 6.08. The molecule has 0 unspecified atom stereocenters. The van der Waals surface area contributed by atoms with Gasteiger partial charge in [0.1, 0.15) is 5.56 Å². The number of nitrogens with zero attached hydrogens (tertiary/aromatic N) is 3. The summed E-state index contributed by atoms with van der Waals surface area (Å²) in [6.07, 6.45) is 6.42. The van der Waals surface area contributed by atoms with Gasteiger partial charge < -0.3 is 14.6 Å². The topological polar surface area (TPSA) is 61.1 Å². The third kappa shape index (κ3) is 4.65. The van der Waals surface area contributed by atoms with Crippen LogP contribution in [0.1, 0.15) is 36.2 Å². The maximum Gasteiger partial charge on any atom is 0.256 e. The minimum Gasteiger partial charge on any atom is -0.379 e. The maximum absolute atomic E-state index is 12.8. The van der Waals surface area contributed by atoms with E-state index in [1.54, 1.807) is 10.9 Å². The Hall–Kier alpha value is -2.86. The van der Waals surface area contributed by atoms with Gasteiger partial charge in [0.2, 0.25) is 0 Å². The molecule has 3 aromatic rings. The number of aromatic nitrogens is 3. The first kappa shape index (κ1) is 18.9. The molecule has 0 aliphatic rings. The van der Waals surface area contributed by atoms with Gasteiger partial charge in [-0.1, -0.05) is 12.1 Å². The molecule has 2 aromatic heterocycles. The van der Waals surface area contributed by atoms with Crippen molar-refractivity contribution in [3.8, 4) is 11.5 Å². The van der Waals surface area contributed by atoms with E-state index in [-0.39, 0.29) is 12.0 Å². The summed E-state index contributed by atoms with van der Waals surface area (Å²) in [5.41, 5.74) is 2.60. The fraction of sp³-hybridized carbons (Fsp3) is 0.333. The molecular formula is C21H26N4O2. The van der Waals surface area contributed by atoms with E-state index < -0.39 is 0 Å². The van der Waals surface area contributed by atoms with Crippen LogP contribution in [-0.4, -0.2) is 39.5 Å². The van der Waals surface area contributed by atoms with Crippen molar-refractivity contribution in [2.24, 2.45) is 0 Å². The minimum atomic E-state index is -0.137. The molecule has 1 aromatic carbocycles. The summed E-state index contributed by atoms with van der Waals surface area (Å²) in [4.78, 5) is 12.8. The number of carbonyl (C=O) groups excluding carboxylic acids is 1. The number of amides is 1. The molecule has 0 saturated carbocycles. The fourth-order valence-electron chi connectivity index (χ4n) is 2.86. The average molecular weight is 366 g/mol. The largest absolute Gasteiger partial charge is 0.379 e. The molecule has 0 radical (unpaired) electrons. The lowest BCUT2D eigenvalue weighted by Crippen LogP contribution is -2.26. The van der Waals surface area contributed by atoms with Gasteiger partial charge in [0.15, 0.2) is 5.82 Å². The average Bonchev–Trinajstić information content (AvgIpc) is 3.30. The van der Waals surface area contributed by atoms with Crippen molar-refractivity contribution >= 4 is 5.91 Å². The van der Waals surface area contributed by atoms with Crippen LogP contribution in [0.2, 0.25) is 0 Å². The summed E-state index contributed by atoms with van der Waals surface area (Å²) < 4.78 is 9.22. The molecular weight excluding hydrogens is 340 g/mol. The maximum atomic E-state index is 12.8. The number of nitrogens with one attached hydrogen (secondary N) is 1. The predicted molar refractivity (Wildman–Crippen MR) is 106 cm³/mol. The normalized spacial score (nSPS) is 11.1. The molecule has 27 heavy (non-hydrogen) atoms. The zero-order chi connectivity index (χ0) is 19.2. The summed E-state index contributed by atoms with van der Waals surface area (Å²) in [5.74, 6) is 0.587. The van der Waals surface area contributed by atoms with Crippen molar-refractivity contribution in [3.05, 3.63) is 66.1 Å². The van der Waals surface area contributed by atoms with Gasteiger partial charge in [0.05, 0.1) is 18.0 Å². The van der Waals surface area contributed by atoms with E-state index in [2.05, 4.69) is 10.4 Å². The Morgan fingerprint density at radius 3 is 2.70 bits per heavy atom. The van der Waals surface area contributed by atoms with Gasteiger partial charge in [-0.25, -0.2) is 4.68 Å². The Bertz CT molecular complexity index is 881. The first-order valence-electron chi connectivity index (χ1n) is 9.24. The number of rotatable bonds is 8. The van der Waals surface area contributed by atoms with E-state index in [1.807, 2.05) is 74.1 Å². The minimum absolute atomic E-state index is 0.137. The van der Waals surface area contributed by atoms with Gasteiger partial charge in [0.25, 0.3) is 5.91 Å². The van der Waals surface area contributed by atoms with Gasteiger partial charge in [-0.05, 0) is 57.0 Å². The lowest BCUT2D eigenvalue weighted by molar-refractivity contribution is 0.0757. The second kappa shape index (κ2) is 8.68. The molecule has 0 bridgehead atoms. The highest BCUT2D eigenvalue weighted by atomic mass is 16.5. The van der Waals surface area contributed by atoms with Crippen molar-refractivity contribution < 1.29 is 9.53 Å². The molecule has 1 N–H and O–H groups in total. The van der Waals surface area contributed by atoms with Crippen LogP contribution in [0, 0.1) is 6.92 Å². The molecule has 6 nitrogen and oxygen atoms in total. The number of hydrogen-bond donors (Lipinski definition) is 1. The van der Waals surface area contributed by atoms with Crippen LogP contribution >= 0.6 is 0 Å². The van der Waals surface area contributed by atoms with E-state index in [1.165, 1.54) is 0 Å². The lowest BCUT2D eigenvalue weighted by Gasteiger charge is -2.12. The first-order chi connectivity index (χ1) is 13.1. The van der Waals surface area contributed by atoms with E-state index in [0.717, 1.165) is 23.5 Å². The first-order valence-corrected chi connectivity index (χ1v) is 9.24. The van der Waals surface area contributed by atoms with Gasteiger partial charge in [0, 0.05) is 25.5 Å². The van der Waals surface area contributed by atoms with Crippen LogP contribution < -0.4 is 5.32 Å². The molecule has 142 valence electrons. The Morgan fingerprint density at radius 1 is 1.22 bits per heavy atom. The van der Waals surface area contributed by atoms with Gasteiger partial charge in [-0.3, -0.25) is 4.79 Å². The van der Waals surface area contributed by atoms with Crippen LogP contribution in [0.4, 0.5) is 0 Å². The van der Waals surface area contributed by atoms with Crippen LogP contribution in [-0.2, 0) is 4.74 Å². The van der Waals surface area contributed by atoms with Gasteiger partial charge in [-0.2, -0.15) is 5.10 Å². The number of carbonyl (C=O) groups is 1. The van der Waals surface area contributed by atoms with E-state index in [4.69, 9.17) is 4.74 Å². The molecule has 0 fully saturated rings. The monoisotopic (exact) mass is 366 g/mol. The lowest BCUT2D eigenvalue weighted by atomic mass is 10.2. The third-order valence-electron chi connectivity index (χ3n) is 4.14. The molecule has 0 aliphatic carbocycles. The van der Waals surface area contributed by atoms with Gasteiger partial charge in [-0.15, -0.1) is 0 Å². The molecule has 0 saturated heterocycles. The van der Waals surface area contributed by atoms with Gasteiger partial charge >= 0.3 is 0 Å². The van der Waals surface area contributed by atoms with Crippen LogP contribution in [0.15, 0.2) is 55.0 Å². The Labute approximate surface area is 159 Å². The number of hydrogen-bond acceptors (Lipinski definition) is 3. The zero-order valence-electron chi connectivity index (χ0n) is 16.1. The number of ether oxygens (including phenoxy) is 1. The summed E-state index contributed by atoms with van der Waals surface area (Å²) in [6.45, 7) is 7.23. The standard InChI is InChI=1S/C21H26N4O2/c1-16(2)27-13-7-10-22-20(26)19-15-23-25(18-9-6-8-17(3)14-18)21(19)24-11-4-5-12-24/h4-6,8-9,11-12,14-16H,7,10,13H2,1-3H3,(H,22,26). The van der Waals surface area contributed by atoms with Crippen LogP contribution in [0.25, 0.3) is 11.5 Å². The Balaban J connectivity index is 1.82. The summed E-state index contributed by atoms with van der Waals surface area (Å²) in [7, 11) is 0. The fourth-order valence-corrected chi connectivity index (χ4v) is 2.86. The summed E-state index contributed by atoms with van der Waals surface area (Å²) in [5, 5.41) is 7.45. The number of benzene rings is 1. The molecule has 6 heteroatoms. The SMILES string of the molecule is Cc1cccc(-n2ncc(C(=O)NCCCOC(C)C)c2-n2cccc2)c1. The van der Waals surface area contributed by atoms with E-state index in [9.17, 15) is 4.79 Å². The number of aryl methyl sites for hydroxylation is 1. The smallest absolute Gasteiger partial charge is 0.256 e. The van der Waals surface area contributed by atoms with Crippen LogP contribution in [0.3, 0.4) is 0 Å². The van der Waals surface area contributed by atoms with Crippen molar-refractivity contribution in [2.45, 2.75) is 33.3 Å². The van der Waals surface area contributed by atoms with Crippen molar-refractivity contribution in [1.29, 1.82) is 0 Å². The highest BCUT2D eigenvalue weighted by Gasteiger charge is 2.19. The highest BCUT2D eigenvalue weighted by molar-refractivity contribution is 5.97. The molecule has 3 rings (SSSR count). The quantitative estimate of drug-likeness (QED) is 0.621.